The van der Waals surface area contributed by atoms with E-state index in [1.54, 1.807) is 6.33 Å². The maximum atomic E-state index is 5.79. The molecule has 0 bridgehead atoms. The Bertz CT molecular complexity index is 398. The summed E-state index contributed by atoms with van der Waals surface area (Å²) in [4.78, 5) is 10.8. The lowest BCUT2D eigenvalue weighted by Gasteiger charge is -2.35. The molecule has 1 aliphatic rings. The standard InChI is InChI=1S/C13H23N5O/c1-10(2)7-15-12-5-13(17-9-16-12)18-3-4-19-8-11(18)6-14/h5,9-11H,3-4,6-8,14H2,1-2H3,(H,15,16,17). The first-order chi connectivity index (χ1) is 9.20. The number of rotatable bonds is 5. The minimum atomic E-state index is 0.196. The summed E-state index contributed by atoms with van der Waals surface area (Å²) in [6.07, 6.45) is 1.60. The minimum absolute atomic E-state index is 0.196. The molecule has 0 aromatic carbocycles. The van der Waals surface area contributed by atoms with E-state index in [1.165, 1.54) is 0 Å². The van der Waals surface area contributed by atoms with Crippen LogP contribution in [-0.2, 0) is 4.74 Å². The number of hydrogen-bond donors (Lipinski definition) is 2. The van der Waals surface area contributed by atoms with Gasteiger partial charge in [0, 0.05) is 25.7 Å². The average molecular weight is 265 g/mol. The molecule has 106 valence electrons. The fourth-order valence-corrected chi connectivity index (χ4v) is 2.06. The molecule has 1 aliphatic heterocycles. The van der Waals surface area contributed by atoms with Crippen molar-refractivity contribution in [1.82, 2.24) is 9.97 Å². The van der Waals surface area contributed by atoms with Crippen LogP contribution in [0.25, 0.3) is 0 Å². The normalized spacial score (nSPS) is 19.8. The lowest BCUT2D eigenvalue weighted by atomic mass is 10.2. The molecule has 0 aliphatic carbocycles. The Morgan fingerprint density at radius 2 is 2.37 bits per heavy atom. The first-order valence-corrected chi connectivity index (χ1v) is 6.81. The zero-order valence-electron chi connectivity index (χ0n) is 11.7. The van der Waals surface area contributed by atoms with E-state index in [2.05, 4.69) is 34.0 Å². The van der Waals surface area contributed by atoms with Crippen molar-refractivity contribution < 1.29 is 4.74 Å². The number of morpholine rings is 1. The Balaban J connectivity index is 2.08. The molecule has 6 heteroatoms. The van der Waals surface area contributed by atoms with Gasteiger partial charge < -0.3 is 20.7 Å². The smallest absolute Gasteiger partial charge is 0.134 e. The highest BCUT2D eigenvalue weighted by Crippen LogP contribution is 2.19. The van der Waals surface area contributed by atoms with Crippen LogP contribution in [0.4, 0.5) is 11.6 Å². The lowest BCUT2D eigenvalue weighted by molar-refractivity contribution is 0.0958. The van der Waals surface area contributed by atoms with Gasteiger partial charge in [0.05, 0.1) is 19.3 Å². The molecule has 1 aromatic heterocycles. The third kappa shape index (κ3) is 3.78. The number of nitrogens with one attached hydrogen (secondary N) is 1. The highest BCUT2D eigenvalue weighted by molar-refractivity contribution is 5.49. The van der Waals surface area contributed by atoms with E-state index in [4.69, 9.17) is 10.5 Å². The first-order valence-electron chi connectivity index (χ1n) is 6.81. The second-order valence-corrected chi connectivity index (χ2v) is 5.19. The fourth-order valence-electron chi connectivity index (χ4n) is 2.06. The number of aromatic nitrogens is 2. The first kappa shape index (κ1) is 14.0. The second-order valence-electron chi connectivity index (χ2n) is 5.19. The molecular weight excluding hydrogens is 242 g/mol. The lowest BCUT2D eigenvalue weighted by Crippen LogP contribution is -2.49. The maximum absolute atomic E-state index is 5.79. The van der Waals surface area contributed by atoms with Gasteiger partial charge in [0.2, 0.25) is 0 Å². The second kappa shape index (κ2) is 6.68. The summed E-state index contributed by atoms with van der Waals surface area (Å²) in [6.45, 7) is 8.01. The zero-order chi connectivity index (χ0) is 13.7. The van der Waals surface area contributed by atoms with Crippen LogP contribution in [0.5, 0.6) is 0 Å². The molecule has 0 amide bonds. The number of ether oxygens (including phenoxy) is 1. The molecule has 0 saturated carbocycles. The van der Waals surface area contributed by atoms with Crippen LogP contribution in [0, 0.1) is 5.92 Å². The van der Waals surface area contributed by atoms with Crippen molar-refractivity contribution in [3.05, 3.63) is 12.4 Å². The van der Waals surface area contributed by atoms with Crippen molar-refractivity contribution in [3.63, 3.8) is 0 Å². The van der Waals surface area contributed by atoms with Gasteiger partial charge in [-0.15, -0.1) is 0 Å². The Morgan fingerprint density at radius 1 is 1.53 bits per heavy atom. The van der Waals surface area contributed by atoms with Gasteiger partial charge in [-0.2, -0.15) is 0 Å². The van der Waals surface area contributed by atoms with E-state index in [1.807, 2.05) is 6.07 Å². The van der Waals surface area contributed by atoms with Gasteiger partial charge >= 0.3 is 0 Å². The molecule has 2 heterocycles. The number of hydrogen-bond acceptors (Lipinski definition) is 6. The molecule has 1 unspecified atom stereocenters. The van der Waals surface area contributed by atoms with Crippen molar-refractivity contribution in [2.75, 3.05) is 43.1 Å². The van der Waals surface area contributed by atoms with Crippen molar-refractivity contribution >= 4 is 11.6 Å². The van der Waals surface area contributed by atoms with Gasteiger partial charge in [0.25, 0.3) is 0 Å². The summed E-state index contributed by atoms with van der Waals surface area (Å²) in [6, 6.07) is 2.18. The quantitative estimate of drug-likeness (QED) is 0.816. The molecule has 1 fully saturated rings. The van der Waals surface area contributed by atoms with Crippen LogP contribution in [0.3, 0.4) is 0 Å². The Kier molecular flexibility index (Phi) is 4.93. The summed E-state index contributed by atoms with van der Waals surface area (Å²) in [5, 5.41) is 3.32. The topological polar surface area (TPSA) is 76.3 Å². The summed E-state index contributed by atoms with van der Waals surface area (Å²) in [5.74, 6) is 2.36. The van der Waals surface area contributed by atoms with E-state index in [9.17, 15) is 0 Å². The predicted molar refractivity (Wildman–Crippen MR) is 76.4 cm³/mol. The van der Waals surface area contributed by atoms with E-state index < -0.39 is 0 Å². The zero-order valence-corrected chi connectivity index (χ0v) is 11.7. The van der Waals surface area contributed by atoms with E-state index in [0.29, 0.717) is 19.1 Å². The van der Waals surface area contributed by atoms with Crippen molar-refractivity contribution in [3.8, 4) is 0 Å². The van der Waals surface area contributed by atoms with Gasteiger partial charge in [0.15, 0.2) is 0 Å². The van der Waals surface area contributed by atoms with Crippen molar-refractivity contribution in [1.29, 1.82) is 0 Å². The SMILES string of the molecule is CC(C)CNc1cc(N2CCOCC2CN)ncn1. The average Bonchev–Trinajstić information content (AvgIpc) is 2.45. The third-order valence-electron chi connectivity index (χ3n) is 3.14. The monoisotopic (exact) mass is 265 g/mol. The van der Waals surface area contributed by atoms with Crippen LogP contribution in [-0.4, -0.2) is 48.9 Å². The minimum Gasteiger partial charge on any atom is -0.377 e. The Hall–Kier alpha value is -1.40. The van der Waals surface area contributed by atoms with E-state index in [-0.39, 0.29) is 6.04 Å². The highest BCUT2D eigenvalue weighted by Gasteiger charge is 2.23. The summed E-state index contributed by atoms with van der Waals surface area (Å²) in [5.41, 5.74) is 5.79. The van der Waals surface area contributed by atoms with Crippen LogP contribution < -0.4 is 16.0 Å². The summed E-state index contributed by atoms with van der Waals surface area (Å²) >= 11 is 0. The van der Waals surface area contributed by atoms with Gasteiger partial charge in [-0.3, -0.25) is 0 Å². The molecule has 0 radical (unpaired) electrons. The van der Waals surface area contributed by atoms with Crippen LogP contribution in [0.2, 0.25) is 0 Å². The molecule has 6 nitrogen and oxygen atoms in total. The molecule has 0 spiro atoms. The Labute approximate surface area is 114 Å². The highest BCUT2D eigenvalue weighted by atomic mass is 16.5. The maximum Gasteiger partial charge on any atom is 0.134 e. The third-order valence-corrected chi connectivity index (χ3v) is 3.14. The van der Waals surface area contributed by atoms with Gasteiger partial charge in [-0.1, -0.05) is 13.8 Å². The van der Waals surface area contributed by atoms with Gasteiger partial charge in [-0.25, -0.2) is 9.97 Å². The van der Waals surface area contributed by atoms with E-state index in [0.717, 1.165) is 31.3 Å². The summed E-state index contributed by atoms with van der Waals surface area (Å²) in [7, 11) is 0. The van der Waals surface area contributed by atoms with E-state index >= 15 is 0 Å². The van der Waals surface area contributed by atoms with Crippen molar-refractivity contribution in [2.24, 2.45) is 11.7 Å². The number of nitrogens with zero attached hydrogens (tertiary/aromatic N) is 3. The molecule has 19 heavy (non-hydrogen) atoms. The molecule has 1 saturated heterocycles. The molecule has 3 N–H and O–H groups in total. The van der Waals surface area contributed by atoms with Crippen molar-refractivity contribution in [2.45, 2.75) is 19.9 Å². The fraction of sp³-hybridized carbons (Fsp3) is 0.692. The summed E-state index contributed by atoms with van der Waals surface area (Å²) < 4.78 is 5.45. The Morgan fingerprint density at radius 3 is 3.11 bits per heavy atom. The van der Waals surface area contributed by atoms with Crippen LogP contribution >= 0.6 is 0 Å². The molecule has 1 aromatic rings. The number of nitrogens with two attached hydrogens (primary N) is 1. The van der Waals surface area contributed by atoms with Crippen LogP contribution in [0.1, 0.15) is 13.8 Å². The largest absolute Gasteiger partial charge is 0.377 e. The van der Waals surface area contributed by atoms with Gasteiger partial charge in [0.1, 0.15) is 18.0 Å². The predicted octanol–water partition coefficient (Wildman–Crippen LogP) is 0.708. The van der Waals surface area contributed by atoms with Crippen LogP contribution in [0.15, 0.2) is 12.4 Å². The molecular formula is C13H23N5O. The van der Waals surface area contributed by atoms with Gasteiger partial charge in [-0.05, 0) is 5.92 Å². The molecule has 1 atom stereocenters. The molecule has 2 rings (SSSR count). The number of anilines is 2.